The third kappa shape index (κ3) is 2.42. The van der Waals surface area contributed by atoms with Crippen LogP contribution >= 0.6 is 0 Å². The minimum Gasteiger partial charge on any atom is -0.319 e. The number of nitrogens with one attached hydrogen (secondary N) is 2. The molecule has 0 aliphatic rings. The van der Waals surface area contributed by atoms with Gasteiger partial charge < -0.3 is 10.3 Å². The van der Waals surface area contributed by atoms with E-state index in [4.69, 9.17) is 0 Å². The smallest absolute Gasteiger partial charge is 0.254 e. The van der Waals surface area contributed by atoms with E-state index in [0.717, 1.165) is 36.5 Å². The highest BCUT2D eigenvalue weighted by molar-refractivity contribution is 5.15. The van der Waals surface area contributed by atoms with Crippen LogP contribution in [0.4, 0.5) is 0 Å². The molecule has 1 heterocycles. The summed E-state index contributed by atoms with van der Waals surface area (Å²) in [5, 5.41) is 3.03. The van der Waals surface area contributed by atoms with Gasteiger partial charge in [-0.3, -0.25) is 4.79 Å². The van der Waals surface area contributed by atoms with Gasteiger partial charge in [-0.2, -0.15) is 0 Å². The van der Waals surface area contributed by atoms with Crippen molar-refractivity contribution in [2.24, 2.45) is 0 Å². The quantitative estimate of drug-likeness (QED) is 0.731. The van der Waals surface area contributed by atoms with Gasteiger partial charge in [-0.25, -0.2) is 4.98 Å². The van der Waals surface area contributed by atoms with Crippen molar-refractivity contribution in [1.82, 2.24) is 15.3 Å². The summed E-state index contributed by atoms with van der Waals surface area (Å²) in [6.07, 6.45) is 1.57. The molecule has 0 atom stereocenters. The minimum absolute atomic E-state index is 0.0112. The number of aromatic amines is 1. The number of likely N-dealkylation sites (N-methyl/N-ethyl adjacent to an activating group) is 1. The molecule has 0 fully saturated rings. The van der Waals surface area contributed by atoms with Gasteiger partial charge >= 0.3 is 0 Å². The third-order valence-corrected chi connectivity index (χ3v) is 2.25. The lowest BCUT2D eigenvalue weighted by molar-refractivity contribution is 0.739. The van der Waals surface area contributed by atoms with Crippen molar-refractivity contribution in [3.05, 3.63) is 27.4 Å². The molecule has 0 saturated heterocycles. The van der Waals surface area contributed by atoms with Crippen molar-refractivity contribution in [2.75, 3.05) is 13.6 Å². The molecule has 0 aromatic carbocycles. The Balaban J connectivity index is 2.98. The maximum Gasteiger partial charge on any atom is 0.254 e. The molecule has 0 bridgehead atoms. The van der Waals surface area contributed by atoms with Gasteiger partial charge in [-0.05, 0) is 20.4 Å². The van der Waals surface area contributed by atoms with Crippen LogP contribution in [-0.4, -0.2) is 23.6 Å². The van der Waals surface area contributed by atoms with Gasteiger partial charge in [-0.15, -0.1) is 0 Å². The summed E-state index contributed by atoms with van der Waals surface area (Å²) in [6, 6.07) is 0. The molecule has 2 N–H and O–H groups in total. The molecular formula is C10H17N3O. The summed E-state index contributed by atoms with van der Waals surface area (Å²) in [5.41, 5.74) is 1.63. The highest BCUT2D eigenvalue weighted by Crippen LogP contribution is 2.00. The lowest BCUT2D eigenvalue weighted by atomic mass is 10.2. The summed E-state index contributed by atoms with van der Waals surface area (Å²) in [5.74, 6) is 0.770. The van der Waals surface area contributed by atoms with Crippen molar-refractivity contribution < 1.29 is 0 Å². The first-order chi connectivity index (χ1) is 6.69. The Morgan fingerprint density at radius 3 is 2.79 bits per heavy atom. The van der Waals surface area contributed by atoms with E-state index >= 15 is 0 Å². The Labute approximate surface area is 83.8 Å². The first kappa shape index (κ1) is 10.9. The van der Waals surface area contributed by atoms with Crippen molar-refractivity contribution >= 4 is 0 Å². The summed E-state index contributed by atoms with van der Waals surface area (Å²) in [7, 11) is 1.88. The Kier molecular flexibility index (Phi) is 3.83. The monoisotopic (exact) mass is 195 g/mol. The molecule has 0 unspecified atom stereocenters. The highest BCUT2D eigenvalue weighted by Gasteiger charge is 2.04. The summed E-state index contributed by atoms with van der Waals surface area (Å²) >= 11 is 0. The largest absolute Gasteiger partial charge is 0.319 e. The Hall–Kier alpha value is -1.16. The molecule has 4 nitrogen and oxygen atoms in total. The Morgan fingerprint density at radius 1 is 1.50 bits per heavy atom. The number of nitrogens with zero attached hydrogens (tertiary/aromatic N) is 1. The van der Waals surface area contributed by atoms with Crippen molar-refractivity contribution in [3.8, 4) is 0 Å². The van der Waals surface area contributed by atoms with E-state index in [1.165, 1.54) is 0 Å². The summed E-state index contributed by atoms with van der Waals surface area (Å²) in [6.45, 7) is 4.65. The molecule has 0 aliphatic carbocycles. The SMILES string of the molecule is CCc1nc(CCNC)[nH]c(=O)c1C. The zero-order valence-corrected chi connectivity index (χ0v) is 8.98. The highest BCUT2D eigenvalue weighted by atomic mass is 16.1. The number of rotatable bonds is 4. The summed E-state index contributed by atoms with van der Waals surface area (Å²) < 4.78 is 0. The van der Waals surface area contributed by atoms with Crippen molar-refractivity contribution in [3.63, 3.8) is 0 Å². The second-order valence-corrected chi connectivity index (χ2v) is 3.29. The van der Waals surface area contributed by atoms with Gasteiger partial charge in [0, 0.05) is 18.5 Å². The van der Waals surface area contributed by atoms with Crippen LogP contribution in [0.25, 0.3) is 0 Å². The number of aryl methyl sites for hydroxylation is 1. The van der Waals surface area contributed by atoms with E-state index < -0.39 is 0 Å². The van der Waals surface area contributed by atoms with Gasteiger partial charge in [0.15, 0.2) is 0 Å². The van der Waals surface area contributed by atoms with Crippen LogP contribution in [0.15, 0.2) is 4.79 Å². The van der Waals surface area contributed by atoms with Crippen LogP contribution in [0.1, 0.15) is 24.0 Å². The molecule has 4 heteroatoms. The van der Waals surface area contributed by atoms with Gasteiger partial charge in [-0.1, -0.05) is 6.92 Å². The average Bonchev–Trinajstić information content (AvgIpc) is 2.19. The number of aromatic nitrogens is 2. The maximum atomic E-state index is 11.5. The van der Waals surface area contributed by atoms with Crippen LogP contribution < -0.4 is 10.9 Å². The van der Waals surface area contributed by atoms with E-state index in [1.54, 1.807) is 0 Å². The molecule has 78 valence electrons. The fraction of sp³-hybridized carbons (Fsp3) is 0.600. The van der Waals surface area contributed by atoms with Gasteiger partial charge in [0.1, 0.15) is 5.82 Å². The van der Waals surface area contributed by atoms with Crippen LogP contribution in [0.5, 0.6) is 0 Å². The van der Waals surface area contributed by atoms with Crippen LogP contribution in [0.2, 0.25) is 0 Å². The Bertz CT molecular complexity index is 357. The first-order valence-corrected chi connectivity index (χ1v) is 4.92. The van der Waals surface area contributed by atoms with E-state index in [-0.39, 0.29) is 5.56 Å². The van der Waals surface area contributed by atoms with E-state index in [9.17, 15) is 4.79 Å². The lowest BCUT2D eigenvalue weighted by Gasteiger charge is -2.05. The number of hydrogen-bond donors (Lipinski definition) is 2. The van der Waals surface area contributed by atoms with Crippen molar-refractivity contribution in [1.29, 1.82) is 0 Å². The van der Waals surface area contributed by atoms with Gasteiger partial charge in [0.2, 0.25) is 0 Å². The average molecular weight is 195 g/mol. The van der Waals surface area contributed by atoms with Crippen LogP contribution in [0.3, 0.4) is 0 Å². The number of H-pyrrole nitrogens is 1. The van der Waals surface area contributed by atoms with Crippen LogP contribution in [-0.2, 0) is 12.8 Å². The zero-order chi connectivity index (χ0) is 10.6. The van der Waals surface area contributed by atoms with Gasteiger partial charge in [0.05, 0.1) is 5.69 Å². The second-order valence-electron chi connectivity index (χ2n) is 3.29. The topological polar surface area (TPSA) is 57.8 Å². The molecule has 0 aliphatic heterocycles. The fourth-order valence-corrected chi connectivity index (χ4v) is 1.34. The zero-order valence-electron chi connectivity index (χ0n) is 8.98. The molecule has 1 rings (SSSR count). The lowest BCUT2D eigenvalue weighted by Crippen LogP contribution is -2.20. The van der Waals surface area contributed by atoms with E-state index in [0.29, 0.717) is 0 Å². The predicted molar refractivity (Wildman–Crippen MR) is 56.6 cm³/mol. The molecule has 0 spiro atoms. The first-order valence-electron chi connectivity index (χ1n) is 4.92. The molecule has 0 amide bonds. The standard InChI is InChI=1S/C10H17N3O/c1-4-8-7(2)10(14)13-9(12-8)5-6-11-3/h11H,4-6H2,1-3H3,(H,12,13,14). The molecular weight excluding hydrogens is 178 g/mol. The second kappa shape index (κ2) is 4.91. The van der Waals surface area contributed by atoms with Crippen molar-refractivity contribution in [2.45, 2.75) is 26.7 Å². The molecule has 0 radical (unpaired) electrons. The van der Waals surface area contributed by atoms with E-state index in [2.05, 4.69) is 15.3 Å². The third-order valence-electron chi connectivity index (χ3n) is 2.25. The fourth-order valence-electron chi connectivity index (χ4n) is 1.34. The van der Waals surface area contributed by atoms with Crippen LogP contribution in [0, 0.1) is 6.92 Å². The molecule has 1 aromatic rings. The predicted octanol–water partition coefficient (Wildman–Crippen LogP) is 0.403. The minimum atomic E-state index is -0.0112. The molecule has 14 heavy (non-hydrogen) atoms. The van der Waals surface area contributed by atoms with Gasteiger partial charge in [0.25, 0.3) is 5.56 Å². The Morgan fingerprint density at radius 2 is 2.21 bits per heavy atom. The number of hydrogen-bond acceptors (Lipinski definition) is 3. The maximum absolute atomic E-state index is 11.5. The van der Waals surface area contributed by atoms with E-state index in [1.807, 2.05) is 20.9 Å². The molecule has 1 aromatic heterocycles. The summed E-state index contributed by atoms with van der Waals surface area (Å²) in [4.78, 5) is 18.6. The molecule has 0 saturated carbocycles. The normalized spacial score (nSPS) is 10.5.